The quantitative estimate of drug-likeness (QED) is 0.662. The van der Waals surface area contributed by atoms with Gasteiger partial charge in [-0.2, -0.15) is 5.10 Å². The van der Waals surface area contributed by atoms with E-state index in [1.54, 1.807) is 14.0 Å². The van der Waals surface area contributed by atoms with Gasteiger partial charge in [0.2, 0.25) is 0 Å². The van der Waals surface area contributed by atoms with Gasteiger partial charge in [0, 0.05) is 47.7 Å². The molecule has 0 saturated carbocycles. The molecule has 0 bridgehead atoms. The Morgan fingerprint density at radius 2 is 2.15 bits per heavy atom. The summed E-state index contributed by atoms with van der Waals surface area (Å²) in [5.74, 6) is -0.877. The molecule has 3 atom stereocenters. The molecule has 0 aliphatic heterocycles. The number of carbonyl (C=O) groups is 2. The average molecular weight is 302 g/mol. The lowest BCUT2D eigenvalue weighted by Crippen LogP contribution is -2.45. The van der Waals surface area contributed by atoms with E-state index in [4.69, 9.17) is 5.11 Å². The van der Waals surface area contributed by atoms with Crippen LogP contribution in [0.25, 0.3) is 0 Å². The predicted octanol–water partition coefficient (Wildman–Crippen LogP) is -0.388. The normalized spacial score (nSPS) is 15.2. The average Bonchev–Trinajstić information content (AvgIpc) is 2.70. The Labute approximate surface area is 119 Å². The van der Waals surface area contributed by atoms with Gasteiger partial charge in [0.1, 0.15) is 0 Å². The first-order valence-corrected chi connectivity index (χ1v) is 7.60. The van der Waals surface area contributed by atoms with E-state index in [1.165, 1.54) is 23.3 Å². The SMILES string of the molecule is CC(CS(C)=O)NC(=O)NC(C(=O)O)c1cnn(C)c1. The molecule has 1 rings (SSSR count). The third-order valence-electron chi connectivity index (χ3n) is 2.44. The largest absolute Gasteiger partial charge is 0.479 e. The van der Waals surface area contributed by atoms with Gasteiger partial charge in [0.15, 0.2) is 6.04 Å². The minimum Gasteiger partial charge on any atom is -0.479 e. The third-order valence-corrected chi connectivity index (χ3v) is 3.41. The first-order valence-electron chi connectivity index (χ1n) is 5.88. The number of amides is 2. The first kappa shape index (κ1) is 16.2. The van der Waals surface area contributed by atoms with Gasteiger partial charge in [-0.1, -0.05) is 0 Å². The maximum Gasteiger partial charge on any atom is 0.331 e. The summed E-state index contributed by atoms with van der Waals surface area (Å²) in [6, 6.07) is -2.12. The molecule has 0 aromatic carbocycles. The summed E-state index contributed by atoms with van der Waals surface area (Å²) in [4.78, 5) is 22.9. The number of aryl methyl sites for hydroxylation is 1. The van der Waals surface area contributed by atoms with Crippen molar-refractivity contribution in [2.45, 2.75) is 19.0 Å². The highest BCUT2D eigenvalue weighted by molar-refractivity contribution is 7.84. The van der Waals surface area contributed by atoms with Gasteiger partial charge in [-0.05, 0) is 6.92 Å². The van der Waals surface area contributed by atoms with E-state index in [0.29, 0.717) is 11.3 Å². The van der Waals surface area contributed by atoms with Crippen LogP contribution in [-0.2, 0) is 22.6 Å². The molecule has 20 heavy (non-hydrogen) atoms. The molecule has 1 aromatic rings. The number of aromatic nitrogens is 2. The van der Waals surface area contributed by atoms with Crippen LogP contribution in [0.3, 0.4) is 0 Å². The summed E-state index contributed by atoms with van der Waals surface area (Å²) in [5.41, 5.74) is 0.377. The standard InChI is InChI=1S/C11H18N4O4S/c1-7(6-20(3)19)13-11(18)14-9(10(16)17)8-4-12-15(2)5-8/h4-5,7,9H,6H2,1-3H3,(H,16,17)(H2,13,14,18). The molecule has 0 radical (unpaired) electrons. The Hall–Kier alpha value is -1.90. The van der Waals surface area contributed by atoms with Crippen LogP contribution in [0.2, 0.25) is 0 Å². The fourth-order valence-electron chi connectivity index (χ4n) is 1.67. The Morgan fingerprint density at radius 1 is 1.50 bits per heavy atom. The second-order valence-corrected chi connectivity index (χ2v) is 5.96. The molecule has 3 N–H and O–H groups in total. The summed E-state index contributed by atoms with van der Waals surface area (Å²) in [6.07, 6.45) is 4.43. The van der Waals surface area contributed by atoms with Crippen molar-refractivity contribution in [2.75, 3.05) is 12.0 Å². The van der Waals surface area contributed by atoms with Crippen LogP contribution < -0.4 is 10.6 Å². The predicted molar refractivity (Wildman–Crippen MR) is 73.6 cm³/mol. The molecule has 2 amide bonds. The lowest BCUT2D eigenvalue weighted by Gasteiger charge is -2.17. The van der Waals surface area contributed by atoms with Crippen LogP contribution in [0.1, 0.15) is 18.5 Å². The van der Waals surface area contributed by atoms with Crippen LogP contribution >= 0.6 is 0 Å². The number of aliphatic carboxylic acids is 1. The lowest BCUT2D eigenvalue weighted by molar-refractivity contribution is -0.139. The minimum absolute atomic E-state index is 0.304. The van der Waals surface area contributed by atoms with Crippen molar-refractivity contribution in [1.29, 1.82) is 0 Å². The van der Waals surface area contributed by atoms with Gasteiger partial charge in [-0.15, -0.1) is 0 Å². The second kappa shape index (κ2) is 7.04. The molecule has 9 heteroatoms. The molecule has 0 fully saturated rings. The zero-order valence-electron chi connectivity index (χ0n) is 11.5. The number of rotatable bonds is 6. The van der Waals surface area contributed by atoms with E-state index < -0.39 is 28.8 Å². The molecule has 0 aliphatic carbocycles. The highest BCUT2D eigenvalue weighted by Crippen LogP contribution is 2.11. The van der Waals surface area contributed by atoms with Gasteiger partial charge in [0.05, 0.1) is 6.20 Å². The highest BCUT2D eigenvalue weighted by Gasteiger charge is 2.24. The zero-order valence-corrected chi connectivity index (χ0v) is 12.3. The fourth-order valence-corrected chi connectivity index (χ4v) is 2.45. The number of nitrogens with one attached hydrogen (secondary N) is 2. The number of nitrogens with zero attached hydrogens (tertiary/aromatic N) is 2. The van der Waals surface area contributed by atoms with Crippen molar-refractivity contribution in [3.63, 3.8) is 0 Å². The van der Waals surface area contributed by atoms with E-state index in [-0.39, 0.29) is 6.04 Å². The van der Waals surface area contributed by atoms with Crippen LogP contribution in [0.5, 0.6) is 0 Å². The second-order valence-electron chi connectivity index (χ2n) is 4.48. The molecule has 0 spiro atoms. The van der Waals surface area contributed by atoms with Crippen LogP contribution in [0, 0.1) is 0 Å². The number of carboxylic acid groups (broad SMARTS) is 1. The Balaban J connectivity index is 2.65. The Bertz CT molecular complexity index is 516. The van der Waals surface area contributed by atoms with Crippen molar-refractivity contribution >= 4 is 22.8 Å². The van der Waals surface area contributed by atoms with Crippen molar-refractivity contribution in [2.24, 2.45) is 7.05 Å². The van der Waals surface area contributed by atoms with E-state index in [1.807, 2.05) is 0 Å². The van der Waals surface area contributed by atoms with Crippen LogP contribution in [-0.4, -0.2) is 49.1 Å². The topological polar surface area (TPSA) is 113 Å². The van der Waals surface area contributed by atoms with Crippen molar-refractivity contribution < 1.29 is 18.9 Å². The maximum absolute atomic E-state index is 11.7. The Morgan fingerprint density at radius 3 is 2.60 bits per heavy atom. The van der Waals surface area contributed by atoms with E-state index >= 15 is 0 Å². The van der Waals surface area contributed by atoms with Crippen LogP contribution in [0.15, 0.2) is 12.4 Å². The van der Waals surface area contributed by atoms with Gasteiger partial charge in [0.25, 0.3) is 0 Å². The summed E-state index contributed by atoms with van der Waals surface area (Å²) in [6.45, 7) is 1.70. The maximum atomic E-state index is 11.7. The molecule has 1 aromatic heterocycles. The van der Waals surface area contributed by atoms with Gasteiger partial charge in [-0.25, -0.2) is 9.59 Å². The highest BCUT2D eigenvalue weighted by atomic mass is 32.2. The zero-order chi connectivity index (χ0) is 15.3. The molecule has 112 valence electrons. The fraction of sp³-hybridized carbons (Fsp3) is 0.545. The number of urea groups is 1. The summed E-state index contributed by atoms with van der Waals surface area (Å²) < 4.78 is 12.5. The molecule has 0 aliphatic rings. The van der Waals surface area contributed by atoms with E-state index in [2.05, 4.69) is 15.7 Å². The molecule has 1 heterocycles. The Kier molecular flexibility index (Phi) is 5.68. The van der Waals surface area contributed by atoms with Gasteiger partial charge >= 0.3 is 12.0 Å². The monoisotopic (exact) mass is 302 g/mol. The summed E-state index contributed by atoms with van der Waals surface area (Å²) in [5, 5.41) is 17.9. The summed E-state index contributed by atoms with van der Waals surface area (Å²) >= 11 is 0. The third kappa shape index (κ3) is 5.00. The van der Waals surface area contributed by atoms with Gasteiger partial charge in [-0.3, -0.25) is 8.89 Å². The van der Waals surface area contributed by atoms with Crippen molar-refractivity contribution in [3.8, 4) is 0 Å². The molecular formula is C11H18N4O4S. The van der Waals surface area contributed by atoms with E-state index in [0.717, 1.165) is 0 Å². The molecular weight excluding hydrogens is 284 g/mol. The molecule has 3 unspecified atom stereocenters. The van der Waals surface area contributed by atoms with E-state index in [9.17, 15) is 13.8 Å². The van der Waals surface area contributed by atoms with Crippen molar-refractivity contribution in [1.82, 2.24) is 20.4 Å². The minimum atomic E-state index is -1.18. The number of carboxylic acids is 1. The van der Waals surface area contributed by atoms with Crippen LogP contribution in [0.4, 0.5) is 4.79 Å². The smallest absolute Gasteiger partial charge is 0.331 e. The first-order chi connectivity index (χ1) is 9.29. The number of hydrogen-bond acceptors (Lipinski definition) is 4. The molecule has 0 saturated heterocycles. The van der Waals surface area contributed by atoms with Crippen molar-refractivity contribution in [3.05, 3.63) is 18.0 Å². The lowest BCUT2D eigenvalue weighted by atomic mass is 10.1. The van der Waals surface area contributed by atoms with Gasteiger partial charge < -0.3 is 15.7 Å². The number of carbonyl (C=O) groups excluding carboxylic acids is 1. The summed E-state index contributed by atoms with van der Waals surface area (Å²) in [7, 11) is 0.616. The molecule has 8 nitrogen and oxygen atoms in total. The number of hydrogen-bond donors (Lipinski definition) is 3.